The summed E-state index contributed by atoms with van der Waals surface area (Å²) in [6.07, 6.45) is 1.83. The van der Waals surface area contributed by atoms with Gasteiger partial charge in [0.15, 0.2) is 0 Å². The van der Waals surface area contributed by atoms with Gasteiger partial charge in [0.05, 0.1) is 6.54 Å². The number of sulfonamides is 1. The molecule has 0 radical (unpaired) electrons. The molecule has 122 valence electrons. The molecule has 0 aliphatic rings. The molecule has 0 spiro atoms. The summed E-state index contributed by atoms with van der Waals surface area (Å²) < 4.78 is 32.1. The van der Waals surface area contributed by atoms with E-state index in [-0.39, 0.29) is 10.6 Å². The Morgan fingerprint density at radius 1 is 1.24 bits per heavy atom. The molecule has 5 nitrogen and oxygen atoms in total. The first-order chi connectivity index (χ1) is 9.60. The number of hydrogen-bond donors (Lipinski definition) is 2. The molecule has 0 bridgehead atoms. The molecule has 0 unspecified atom stereocenters. The van der Waals surface area contributed by atoms with E-state index in [1.165, 1.54) is 6.07 Å². The van der Waals surface area contributed by atoms with Crippen LogP contribution in [0.4, 0.5) is 0 Å². The molecule has 0 saturated heterocycles. The zero-order valence-corrected chi connectivity index (χ0v) is 14.5. The summed E-state index contributed by atoms with van der Waals surface area (Å²) in [5.41, 5.74) is -0.0407. The van der Waals surface area contributed by atoms with Gasteiger partial charge in [0.2, 0.25) is 5.09 Å². The lowest BCUT2D eigenvalue weighted by Crippen LogP contribution is -2.34. The van der Waals surface area contributed by atoms with Gasteiger partial charge in [-0.2, -0.15) is 0 Å². The third kappa shape index (κ3) is 7.11. The minimum atomic E-state index is -3.54. The van der Waals surface area contributed by atoms with Gasteiger partial charge >= 0.3 is 0 Å². The molecule has 1 heterocycles. The number of nitrogens with one attached hydrogen (secondary N) is 2. The standard InChI is InChI=1S/C15H28N2O3S/c1-12(2)7-6-10-17-21(18,19)14-9-8-13(20-14)11-16-15(3,4)5/h8-9,12,16-17H,6-7,10-11H2,1-5H3. The molecular weight excluding hydrogens is 288 g/mol. The van der Waals surface area contributed by atoms with Crippen LogP contribution in [0.15, 0.2) is 21.6 Å². The van der Waals surface area contributed by atoms with Gasteiger partial charge in [-0.05, 0) is 51.7 Å². The molecule has 0 saturated carbocycles. The second-order valence-electron chi connectivity index (χ2n) is 6.76. The van der Waals surface area contributed by atoms with Gasteiger partial charge in [0.25, 0.3) is 10.0 Å². The van der Waals surface area contributed by atoms with E-state index in [9.17, 15) is 8.42 Å². The summed E-state index contributed by atoms with van der Waals surface area (Å²) in [5.74, 6) is 1.20. The predicted molar refractivity (Wildman–Crippen MR) is 84.6 cm³/mol. The van der Waals surface area contributed by atoms with Crippen LogP contribution >= 0.6 is 0 Å². The van der Waals surface area contributed by atoms with Crippen LogP contribution in [0.1, 0.15) is 53.2 Å². The average molecular weight is 316 g/mol. The lowest BCUT2D eigenvalue weighted by Gasteiger charge is -2.19. The van der Waals surface area contributed by atoms with E-state index in [0.717, 1.165) is 12.8 Å². The SMILES string of the molecule is CC(C)CCCNS(=O)(=O)c1ccc(CNC(C)(C)C)o1. The van der Waals surface area contributed by atoms with Crippen LogP contribution in [0, 0.1) is 5.92 Å². The normalized spacial score (nSPS) is 13.0. The van der Waals surface area contributed by atoms with Gasteiger partial charge in [0.1, 0.15) is 5.76 Å². The molecule has 2 N–H and O–H groups in total. The van der Waals surface area contributed by atoms with Crippen molar-refractivity contribution in [3.8, 4) is 0 Å². The maximum atomic E-state index is 12.1. The first-order valence-electron chi connectivity index (χ1n) is 7.43. The van der Waals surface area contributed by atoms with Crippen molar-refractivity contribution in [3.63, 3.8) is 0 Å². The van der Waals surface area contributed by atoms with Crippen molar-refractivity contribution < 1.29 is 12.8 Å². The first-order valence-corrected chi connectivity index (χ1v) is 8.92. The van der Waals surface area contributed by atoms with Crippen LogP contribution in [0.5, 0.6) is 0 Å². The van der Waals surface area contributed by atoms with E-state index in [1.54, 1.807) is 6.07 Å². The third-order valence-corrected chi connectivity index (χ3v) is 4.28. The van der Waals surface area contributed by atoms with Gasteiger partial charge in [-0.15, -0.1) is 0 Å². The van der Waals surface area contributed by atoms with Crippen molar-refractivity contribution in [1.82, 2.24) is 10.0 Å². The molecule has 1 aromatic heterocycles. The average Bonchev–Trinajstić information content (AvgIpc) is 2.81. The topological polar surface area (TPSA) is 71.3 Å². The summed E-state index contributed by atoms with van der Waals surface area (Å²) >= 11 is 0. The molecule has 0 fully saturated rings. The van der Waals surface area contributed by atoms with Gasteiger partial charge in [-0.1, -0.05) is 13.8 Å². The smallest absolute Gasteiger partial charge is 0.273 e. The Labute approximate surface area is 128 Å². The van der Waals surface area contributed by atoms with E-state index < -0.39 is 10.0 Å². The third-order valence-electron chi connectivity index (χ3n) is 2.95. The van der Waals surface area contributed by atoms with E-state index in [0.29, 0.717) is 24.8 Å². The molecular formula is C15H28N2O3S. The van der Waals surface area contributed by atoms with E-state index in [1.807, 2.05) is 20.8 Å². The lowest BCUT2D eigenvalue weighted by molar-refractivity contribution is 0.359. The van der Waals surface area contributed by atoms with E-state index in [2.05, 4.69) is 23.9 Å². The second-order valence-corrected chi connectivity index (χ2v) is 8.46. The fourth-order valence-corrected chi connectivity index (χ4v) is 2.76. The van der Waals surface area contributed by atoms with Gasteiger partial charge in [-0.25, -0.2) is 13.1 Å². The van der Waals surface area contributed by atoms with Crippen molar-refractivity contribution in [2.45, 2.75) is 64.6 Å². The van der Waals surface area contributed by atoms with Gasteiger partial charge < -0.3 is 9.73 Å². The van der Waals surface area contributed by atoms with Crippen molar-refractivity contribution in [1.29, 1.82) is 0 Å². The molecule has 0 aromatic carbocycles. The molecule has 0 aliphatic heterocycles. The zero-order chi connectivity index (χ0) is 16.1. The molecule has 0 amide bonds. The Balaban J connectivity index is 2.54. The maximum absolute atomic E-state index is 12.1. The highest BCUT2D eigenvalue weighted by Gasteiger charge is 2.19. The molecule has 6 heteroatoms. The summed E-state index contributed by atoms with van der Waals surface area (Å²) in [6.45, 7) is 11.3. The molecule has 1 aromatic rings. The van der Waals surface area contributed by atoms with E-state index >= 15 is 0 Å². The summed E-state index contributed by atoms with van der Waals surface area (Å²) in [4.78, 5) is 0. The highest BCUT2D eigenvalue weighted by Crippen LogP contribution is 2.15. The minimum absolute atomic E-state index is 0.0160. The summed E-state index contributed by atoms with van der Waals surface area (Å²) in [6, 6.07) is 3.20. The van der Waals surface area contributed by atoms with Gasteiger partial charge in [-0.3, -0.25) is 0 Å². The fourth-order valence-electron chi connectivity index (χ4n) is 1.74. The minimum Gasteiger partial charge on any atom is -0.447 e. The van der Waals surface area contributed by atoms with Crippen LogP contribution in [-0.2, 0) is 16.6 Å². The second kappa shape index (κ2) is 7.42. The number of furan rings is 1. The van der Waals surface area contributed by atoms with Crippen molar-refractivity contribution in [2.75, 3.05) is 6.54 Å². The number of hydrogen-bond acceptors (Lipinski definition) is 4. The predicted octanol–water partition coefficient (Wildman–Crippen LogP) is 2.88. The maximum Gasteiger partial charge on any atom is 0.273 e. The monoisotopic (exact) mass is 316 g/mol. The van der Waals surface area contributed by atoms with Crippen molar-refractivity contribution >= 4 is 10.0 Å². The van der Waals surface area contributed by atoms with Gasteiger partial charge in [0, 0.05) is 12.1 Å². The molecule has 1 rings (SSSR count). The molecule has 21 heavy (non-hydrogen) atoms. The molecule has 0 aliphatic carbocycles. The van der Waals surface area contributed by atoms with Crippen LogP contribution < -0.4 is 10.0 Å². The van der Waals surface area contributed by atoms with Crippen LogP contribution in [0.2, 0.25) is 0 Å². The Hall–Kier alpha value is -0.850. The van der Waals surface area contributed by atoms with E-state index in [4.69, 9.17) is 4.42 Å². The number of rotatable bonds is 8. The Morgan fingerprint density at radius 3 is 2.48 bits per heavy atom. The Kier molecular flexibility index (Phi) is 6.43. The highest BCUT2D eigenvalue weighted by atomic mass is 32.2. The van der Waals surface area contributed by atoms with Crippen molar-refractivity contribution in [2.24, 2.45) is 5.92 Å². The first kappa shape index (κ1) is 18.2. The highest BCUT2D eigenvalue weighted by molar-refractivity contribution is 7.89. The molecule has 0 atom stereocenters. The quantitative estimate of drug-likeness (QED) is 0.723. The summed E-state index contributed by atoms with van der Waals surface area (Å²) in [5, 5.41) is 3.24. The van der Waals surface area contributed by atoms with Crippen LogP contribution in [0.3, 0.4) is 0 Å². The van der Waals surface area contributed by atoms with Crippen LogP contribution in [-0.4, -0.2) is 20.5 Å². The fraction of sp³-hybridized carbons (Fsp3) is 0.733. The summed E-state index contributed by atoms with van der Waals surface area (Å²) in [7, 11) is -3.54. The lowest BCUT2D eigenvalue weighted by atomic mass is 10.1. The Bertz CT molecular complexity index is 527. The Morgan fingerprint density at radius 2 is 1.90 bits per heavy atom. The largest absolute Gasteiger partial charge is 0.447 e. The van der Waals surface area contributed by atoms with Crippen LogP contribution in [0.25, 0.3) is 0 Å². The zero-order valence-electron chi connectivity index (χ0n) is 13.7. The van der Waals surface area contributed by atoms with Crippen molar-refractivity contribution in [3.05, 3.63) is 17.9 Å².